The van der Waals surface area contributed by atoms with Gasteiger partial charge < -0.3 is 25.1 Å². The summed E-state index contributed by atoms with van der Waals surface area (Å²) in [5, 5.41) is 11.5. The maximum Gasteiger partial charge on any atom is 0.330 e. The van der Waals surface area contributed by atoms with Gasteiger partial charge in [-0.3, -0.25) is 4.79 Å². The maximum atomic E-state index is 12.4. The first kappa shape index (κ1) is 19.1. The Labute approximate surface area is 177 Å². The molecule has 1 unspecified atom stereocenters. The number of fused-ring (bicyclic) bond motifs is 2. The smallest absolute Gasteiger partial charge is 0.330 e. The Morgan fingerprint density at radius 1 is 1.06 bits per heavy atom. The van der Waals surface area contributed by atoms with Crippen molar-refractivity contribution in [1.82, 2.24) is 0 Å². The molecule has 156 valence electrons. The standard InChI is InChI=1S/C24H19NO6/c1-23(2,25)22(28)29-17-9-10-19-20-13(17)5-3-8-18(20)30-24(31-19)12-11-16(27)21-14(24)6-4-7-15(21)26/h3-12,26H,25H2,1-2H3. The monoisotopic (exact) mass is 417 g/mol. The van der Waals surface area contributed by atoms with E-state index in [9.17, 15) is 14.7 Å². The SMILES string of the molecule is CC(C)(N)C(=O)Oc1ccc2c3c(cccc13)OC1(C=CC(=O)c3c(O)cccc31)O2. The predicted molar refractivity (Wildman–Crippen MR) is 112 cm³/mol. The van der Waals surface area contributed by atoms with Gasteiger partial charge in [0.15, 0.2) is 5.78 Å². The average Bonchev–Trinajstić information content (AvgIpc) is 2.72. The number of ketones is 1. The van der Waals surface area contributed by atoms with E-state index in [-0.39, 0.29) is 17.1 Å². The molecule has 5 rings (SSSR count). The van der Waals surface area contributed by atoms with Gasteiger partial charge in [0.25, 0.3) is 5.79 Å². The summed E-state index contributed by atoms with van der Waals surface area (Å²) in [5.74, 6) is -1.16. The van der Waals surface area contributed by atoms with Crippen LogP contribution in [0.25, 0.3) is 10.8 Å². The molecule has 0 saturated heterocycles. The second-order valence-corrected chi connectivity index (χ2v) is 8.12. The topological polar surface area (TPSA) is 108 Å². The van der Waals surface area contributed by atoms with Crippen molar-refractivity contribution in [1.29, 1.82) is 0 Å². The third kappa shape index (κ3) is 2.85. The largest absolute Gasteiger partial charge is 0.507 e. The molecule has 7 heteroatoms. The molecular formula is C24H19NO6. The Kier molecular flexibility index (Phi) is 3.91. The lowest BCUT2D eigenvalue weighted by molar-refractivity contribution is -0.139. The second kappa shape index (κ2) is 6.33. The fourth-order valence-corrected chi connectivity index (χ4v) is 3.78. The Morgan fingerprint density at radius 2 is 1.77 bits per heavy atom. The minimum atomic E-state index is -1.42. The van der Waals surface area contributed by atoms with Crippen LogP contribution in [-0.4, -0.2) is 22.4 Å². The minimum Gasteiger partial charge on any atom is -0.507 e. The van der Waals surface area contributed by atoms with Crippen molar-refractivity contribution in [2.24, 2.45) is 5.73 Å². The van der Waals surface area contributed by atoms with Crippen molar-refractivity contribution in [3.8, 4) is 23.0 Å². The minimum absolute atomic E-state index is 0.136. The summed E-state index contributed by atoms with van der Waals surface area (Å²) in [6.07, 6.45) is 2.86. The van der Waals surface area contributed by atoms with Gasteiger partial charge in [0.1, 0.15) is 28.5 Å². The van der Waals surface area contributed by atoms with Crippen LogP contribution < -0.4 is 19.9 Å². The number of benzene rings is 3. The first-order chi connectivity index (χ1) is 14.7. The predicted octanol–water partition coefficient (Wildman–Crippen LogP) is 3.56. The van der Waals surface area contributed by atoms with Crippen LogP contribution in [0.15, 0.2) is 60.7 Å². The highest BCUT2D eigenvalue weighted by Gasteiger charge is 2.45. The molecule has 0 bridgehead atoms. The molecule has 0 radical (unpaired) electrons. The Hall–Kier alpha value is -3.84. The number of nitrogens with two attached hydrogens (primary N) is 1. The van der Waals surface area contributed by atoms with E-state index in [1.54, 1.807) is 56.3 Å². The van der Waals surface area contributed by atoms with E-state index in [0.29, 0.717) is 33.6 Å². The molecule has 1 aliphatic heterocycles. The number of rotatable bonds is 2. The number of hydrogen-bond donors (Lipinski definition) is 2. The average molecular weight is 417 g/mol. The number of ether oxygens (including phenoxy) is 3. The second-order valence-electron chi connectivity index (χ2n) is 8.12. The summed E-state index contributed by atoms with van der Waals surface area (Å²) < 4.78 is 18.0. The fourth-order valence-electron chi connectivity index (χ4n) is 3.78. The van der Waals surface area contributed by atoms with E-state index in [1.807, 2.05) is 0 Å². The van der Waals surface area contributed by atoms with E-state index in [1.165, 1.54) is 18.2 Å². The van der Waals surface area contributed by atoms with E-state index in [0.717, 1.165) is 0 Å². The third-order valence-electron chi connectivity index (χ3n) is 5.29. The van der Waals surface area contributed by atoms with Crippen molar-refractivity contribution in [2.45, 2.75) is 25.2 Å². The van der Waals surface area contributed by atoms with Crippen molar-refractivity contribution >= 4 is 22.5 Å². The van der Waals surface area contributed by atoms with Crippen molar-refractivity contribution in [3.05, 3.63) is 71.8 Å². The lowest BCUT2D eigenvalue weighted by Gasteiger charge is -2.39. The van der Waals surface area contributed by atoms with Crippen LogP contribution in [0.2, 0.25) is 0 Å². The number of phenols is 1. The zero-order valence-electron chi connectivity index (χ0n) is 16.8. The van der Waals surface area contributed by atoms with Gasteiger partial charge in [0.05, 0.1) is 16.5 Å². The number of carbonyl (C=O) groups is 2. The van der Waals surface area contributed by atoms with E-state index >= 15 is 0 Å². The maximum absolute atomic E-state index is 12.4. The van der Waals surface area contributed by atoms with Crippen LogP contribution in [0.1, 0.15) is 29.8 Å². The van der Waals surface area contributed by atoms with Gasteiger partial charge in [-0.05, 0) is 50.3 Å². The highest BCUT2D eigenvalue weighted by Crippen LogP contribution is 2.50. The van der Waals surface area contributed by atoms with Gasteiger partial charge in [-0.15, -0.1) is 0 Å². The molecule has 31 heavy (non-hydrogen) atoms. The molecule has 3 aromatic carbocycles. The first-order valence-corrected chi connectivity index (χ1v) is 9.70. The lowest BCUT2D eigenvalue weighted by Crippen LogP contribution is -2.44. The van der Waals surface area contributed by atoms with Gasteiger partial charge in [0, 0.05) is 11.5 Å². The Morgan fingerprint density at radius 3 is 2.52 bits per heavy atom. The van der Waals surface area contributed by atoms with Crippen molar-refractivity contribution < 1.29 is 28.9 Å². The summed E-state index contributed by atoms with van der Waals surface area (Å²) in [6.45, 7) is 3.14. The van der Waals surface area contributed by atoms with Gasteiger partial charge in [0.2, 0.25) is 0 Å². The summed E-state index contributed by atoms with van der Waals surface area (Å²) in [6, 6.07) is 13.4. The number of allylic oxidation sites excluding steroid dienone is 1. The molecule has 1 aliphatic carbocycles. The van der Waals surface area contributed by atoms with E-state index in [2.05, 4.69) is 0 Å². The third-order valence-corrected chi connectivity index (χ3v) is 5.29. The Balaban J connectivity index is 1.64. The molecular weight excluding hydrogens is 398 g/mol. The molecule has 1 atom stereocenters. The molecule has 1 heterocycles. The van der Waals surface area contributed by atoms with Gasteiger partial charge in [-0.25, -0.2) is 4.79 Å². The molecule has 1 spiro atoms. The molecule has 2 aliphatic rings. The fraction of sp³-hybridized carbons (Fsp3) is 0.167. The van der Waals surface area contributed by atoms with Crippen LogP contribution in [-0.2, 0) is 10.6 Å². The van der Waals surface area contributed by atoms with Crippen LogP contribution in [0.3, 0.4) is 0 Å². The van der Waals surface area contributed by atoms with Crippen molar-refractivity contribution in [3.63, 3.8) is 0 Å². The van der Waals surface area contributed by atoms with Crippen LogP contribution >= 0.6 is 0 Å². The quantitative estimate of drug-likeness (QED) is 0.485. The molecule has 0 saturated carbocycles. The number of esters is 1. The summed E-state index contributed by atoms with van der Waals surface area (Å²) in [5.41, 5.74) is 5.24. The van der Waals surface area contributed by atoms with E-state index in [4.69, 9.17) is 19.9 Å². The number of carbonyl (C=O) groups excluding carboxylic acids is 2. The van der Waals surface area contributed by atoms with E-state index < -0.39 is 17.3 Å². The van der Waals surface area contributed by atoms with Gasteiger partial charge in [-0.1, -0.05) is 18.2 Å². The highest BCUT2D eigenvalue weighted by atomic mass is 16.7. The summed E-state index contributed by atoms with van der Waals surface area (Å²) in [7, 11) is 0. The Bertz CT molecular complexity index is 1290. The molecule has 3 aromatic rings. The van der Waals surface area contributed by atoms with Crippen LogP contribution in [0.4, 0.5) is 0 Å². The van der Waals surface area contributed by atoms with Crippen LogP contribution in [0.5, 0.6) is 23.0 Å². The lowest BCUT2D eigenvalue weighted by atomic mass is 9.89. The number of aromatic hydroxyl groups is 1. The molecule has 0 amide bonds. The zero-order valence-corrected chi connectivity index (χ0v) is 16.8. The molecule has 7 nitrogen and oxygen atoms in total. The van der Waals surface area contributed by atoms with Crippen LogP contribution in [0, 0.1) is 0 Å². The molecule has 3 N–H and O–H groups in total. The summed E-state index contributed by atoms with van der Waals surface area (Å²) in [4.78, 5) is 24.7. The first-order valence-electron chi connectivity index (χ1n) is 9.70. The highest BCUT2D eigenvalue weighted by molar-refractivity contribution is 6.09. The molecule has 0 fully saturated rings. The number of phenolic OH excluding ortho intramolecular Hbond substituents is 1. The van der Waals surface area contributed by atoms with Gasteiger partial charge >= 0.3 is 5.97 Å². The van der Waals surface area contributed by atoms with Gasteiger partial charge in [-0.2, -0.15) is 0 Å². The normalized spacial score (nSPS) is 19.0. The number of hydrogen-bond acceptors (Lipinski definition) is 7. The zero-order chi connectivity index (χ0) is 22.0. The summed E-state index contributed by atoms with van der Waals surface area (Å²) >= 11 is 0. The molecule has 0 aromatic heterocycles. The van der Waals surface area contributed by atoms with Crippen molar-refractivity contribution in [2.75, 3.05) is 0 Å².